The van der Waals surface area contributed by atoms with Gasteiger partial charge in [0, 0.05) is 12.8 Å². The molecule has 0 atom stereocenters. The van der Waals surface area contributed by atoms with Crippen molar-refractivity contribution in [2.75, 3.05) is 0 Å². The Morgan fingerprint density at radius 1 is 0.383 bits per heavy atom. The molecule has 0 unspecified atom stereocenters. The molecule has 0 aromatic heterocycles. The Hall–Kier alpha value is -4.98. The Balaban J connectivity index is 1.18. The fourth-order valence-electron chi connectivity index (χ4n) is 9.44. The molecular formula is C46H34Si. The molecule has 4 aliphatic carbocycles. The molecule has 6 aromatic rings. The highest BCUT2D eigenvalue weighted by molar-refractivity contribution is 7.09. The maximum absolute atomic E-state index is 2.60. The van der Waals surface area contributed by atoms with Crippen LogP contribution < -0.4 is 0 Å². The van der Waals surface area contributed by atoms with Gasteiger partial charge < -0.3 is 0 Å². The van der Waals surface area contributed by atoms with Crippen molar-refractivity contribution < 1.29 is 0 Å². The van der Waals surface area contributed by atoms with E-state index in [0.717, 1.165) is 0 Å². The predicted octanol–water partition coefficient (Wildman–Crippen LogP) is 12.5. The van der Waals surface area contributed by atoms with Crippen molar-refractivity contribution in [1.29, 1.82) is 0 Å². The summed E-state index contributed by atoms with van der Waals surface area (Å²) < 4.78 is 0. The third-order valence-electron chi connectivity index (χ3n) is 11.2. The molecule has 10 rings (SSSR count). The first kappa shape index (κ1) is 27.2. The molecule has 0 amide bonds. The third-order valence-corrected chi connectivity index (χ3v) is 14.9. The Kier molecular flexibility index (Phi) is 5.51. The van der Waals surface area contributed by atoms with Crippen molar-refractivity contribution in [3.8, 4) is 22.3 Å². The number of fused-ring (bicyclic) bond motifs is 2. The Morgan fingerprint density at radius 3 is 1.21 bits per heavy atom. The molecule has 222 valence electrons. The van der Waals surface area contributed by atoms with Crippen LogP contribution in [0.15, 0.2) is 108 Å². The van der Waals surface area contributed by atoms with Crippen LogP contribution in [0, 0.1) is 12.8 Å². The monoisotopic (exact) mass is 614 g/mol. The van der Waals surface area contributed by atoms with Crippen LogP contribution in [0.1, 0.15) is 58.4 Å². The second-order valence-corrected chi connectivity index (χ2v) is 18.4. The second kappa shape index (κ2) is 9.53. The average Bonchev–Trinajstić information content (AvgIpc) is 3.85. The van der Waals surface area contributed by atoms with Crippen molar-refractivity contribution in [3.63, 3.8) is 0 Å². The number of hydrogen-bond acceptors (Lipinski definition) is 0. The highest BCUT2D eigenvalue weighted by atomic mass is 28.3. The maximum atomic E-state index is 2.60. The Bertz CT molecular complexity index is 2340. The zero-order valence-corrected chi connectivity index (χ0v) is 28.2. The van der Waals surface area contributed by atoms with E-state index in [2.05, 4.69) is 161 Å². The summed E-state index contributed by atoms with van der Waals surface area (Å²) in [4.78, 5) is 0. The summed E-state index contributed by atoms with van der Waals surface area (Å²) in [5.74, 6) is 0. The molecule has 2 radical (unpaired) electrons. The summed E-state index contributed by atoms with van der Waals surface area (Å²) in [6.45, 7) is 9.89. The smallest absolute Gasteiger partial charge is 0.0646 e. The van der Waals surface area contributed by atoms with E-state index in [4.69, 9.17) is 0 Å². The minimum absolute atomic E-state index is 1.32. The molecule has 0 fully saturated rings. The predicted molar refractivity (Wildman–Crippen MR) is 206 cm³/mol. The third kappa shape index (κ3) is 3.64. The van der Waals surface area contributed by atoms with Gasteiger partial charge >= 0.3 is 0 Å². The highest BCUT2D eigenvalue weighted by Gasteiger charge is 2.42. The number of rotatable bonds is 4. The maximum Gasteiger partial charge on any atom is 0.113 e. The largest absolute Gasteiger partial charge is 0.113 e. The van der Waals surface area contributed by atoms with Crippen molar-refractivity contribution >= 4 is 64.3 Å². The normalized spacial score (nSPS) is 15.6. The topological polar surface area (TPSA) is 0 Å². The molecule has 0 saturated carbocycles. The minimum Gasteiger partial charge on any atom is -0.0646 e. The lowest BCUT2D eigenvalue weighted by Gasteiger charge is -2.32. The number of benzene rings is 6. The van der Waals surface area contributed by atoms with Gasteiger partial charge in [-0.3, -0.25) is 0 Å². The van der Waals surface area contributed by atoms with Gasteiger partial charge in [0.15, 0.2) is 0 Å². The molecule has 0 heterocycles. The molecule has 47 heavy (non-hydrogen) atoms. The first-order valence-electron chi connectivity index (χ1n) is 16.8. The lowest BCUT2D eigenvalue weighted by molar-refractivity contribution is 1.44. The van der Waals surface area contributed by atoms with Gasteiger partial charge in [-0.15, -0.1) is 0 Å². The molecule has 0 saturated heterocycles. The van der Waals surface area contributed by atoms with E-state index < -0.39 is 8.07 Å². The van der Waals surface area contributed by atoms with E-state index in [1.54, 1.807) is 10.4 Å². The van der Waals surface area contributed by atoms with Crippen LogP contribution in [0.2, 0.25) is 13.1 Å². The lowest BCUT2D eigenvalue weighted by Crippen LogP contribution is -2.31. The van der Waals surface area contributed by atoms with Crippen LogP contribution in [0.5, 0.6) is 0 Å². The lowest BCUT2D eigenvalue weighted by atomic mass is 9.91. The molecule has 0 bridgehead atoms. The second-order valence-electron chi connectivity index (χ2n) is 14.2. The molecule has 0 N–H and O–H groups in total. The van der Waals surface area contributed by atoms with Gasteiger partial charge in [-0.25, -0.2) is 0 Å². The van der Waals surface area contributed by atoms with Gasteiger partial charge in [0.2, 0.25) is 0 Å². The molecular weight excluding hydrogens is 581 g/mol. The number of hydrogen-bond donors (Lipinski definition) is 0. The number of allylic oxidation sites excluding steroid dienone is 2. The van der Waals surface area contributed by atoms with E-state index in [1.165, 1.54) is 99.5 Å². The van der Waals surface area contributed by atoms with Gasteiger partial charge in [0.25, 0.3) is 0 Å². The van der Waals surface area contributed by atoms with Crippen molar-refractivity contribution in [1.82, 2.24) is 0 Å². The van der Waals surface area contributed by atoms with Crippen LogP contribution in [0.4, 0.5) is 0 Å². The summed E-state index contributed by atoms with van der Waals surface area (Å²) in [5, 5.41) is 8.60. The van der Waals surface area contributed by atoms with Gasteiger partial charge in [-0.05, 0) is 113 Å². The van der Waals surface area contributed by atoms with E-state index >= 15 is 0 Å². The van der Waals surface area contributed by atoms with E-state index in [1.807, 2.05) is 0 Å². The van der Waals surface area contributed by atoms with Crippen LogP contribution >= 0.6 is 0 Å². The zero-order chi connectivity index (χ0) is 31.6. The fourth-order valence-corrected chi connectivity index (χ4v) is 13.6. The summed E-state index contributed by atoms with van der Waals surface area (Å²) in [7, 11) is -2.28. The van der Waals surface area contributed by atoms with E-state index in [0.29, 0.717) is 0 Å². The van der Waals surface area contributed by atoms with Crippen molar-refractivity contribution in [2.45, 2.75) is 26.9 Å². The highest BCUT2D eigenvalue weighted by Crippen LogP contribution is 2.54. The van der Waals surface area contributed by atoms with Gasteiger partial charge in [0.1, 0.15) is 8.07 Å². The Labute approximate surface area is 278 Å². The van der Waals surface area contributed by atoms with Crippen LogP contribution in [0.25, 0.3) is 78.5 Å². The molecule has 6 aromatic carbocycles. The van der Waals surface area contributed by atoms with E-state index in [9.17, 15) is 0 Å². The summed E-state index contributed by atoms with van der Waals surface area (Å²) in [6, 6.07) is 36.8. The van der Waals surface area contributed by atoms with Crippen molar-refractivity contribution in [3.05, 3.63) is 166 Å². The minimum atomic E-state index is -2.28. The van der Waals surface area contributed by atoms with Crippen LogP contribution in [-0.4, -0.2) is 8.07 Å². The van der Waals surface area contributed by atoms with Gasteiger partial charge in [-0.2, -0.15) is 0 Å². The summed E-state index contributed by atoms with van der Waals surface area (Å²) in [6.07, 6.45) is 13.9. The molecule has 0 spiro atoms. The first-order valence-corrected chi connectivity index (χ1v) is 19.8. The average molecular weight is 615 g/mol. The zero-order valence-electron chi connectivity index (χ0n) is 27.2. The quantitative estimate of drug-likeness (QED) is 0.173. The summed E-state index contributed by atoms with van der Waals surface area (Å²) >= 11 is 0. The van der Waals surface area contributed by atoms with Crippen molar-refractivity contribution in [2.24, 2.45) is 0 Å². The molecule has 1 heteroatoms. The van der Waals surface area contributed by atoms with Gasteiger partial charge in [-0.1, -0.05) is 146 Å². The molecule has 0 nitrogen and oxygen atoms in total. The SMILES string of the molecule is CC1=C([Si](C)(C)C2=C(C)[CH]c3cccc(-c4ccc5c6c(cccc46)C=C5)c32)c2c(cccc2-c2ccc3c4c(cccc24)C=C3)[CH]1. The standard InChI is InChI=1S/C46H34Si/c1-27-25-33-11-7-15-39(35-23-21-31-19-17-29-9-5-13-37(35)41(29)31)43(33)45(27)47(3,4)46-28(2)26-34-12-8-16-40(44(34)46)36-24-22-32-20-18-30-10-6-14-38(36)42(30)32/h5-26H,1-4H3. The fraction of sp³-hybridized carbons (Fsp3) is 0.0870. The van der Waals surface area contributed by atoms with Crippen LogP contribution in [0.3, 0.4) is 0 Å². The molecule has 0 aliphatic heterocycles. The van der Waals surface area contributed by atoms with Crippen LogP contribution in [-0.2, 0) is 0 Å². The summed E-state index contributed by atoms with van der Waals surface area (Å²) in [5.41, 5.74) is 19.1. The Morgan fingerprint density at radius 2 is 0.766 bits per heavy atom. The van der Waals surface area contributed by atoms with E-state index in [-0.39, 0.29) is 0 Å². The van der Waals surface area contributed by atoms with Gasteiger partial charge in [0.05, 0.1) is 0 Å². The molecule has 4 aliphatic rings. The first-order chi connectivity index (χ1) is 22.9.